The number of anilines is 2. The molecule has 0 radical (unpaired) electrons. The number of fused-ring (bicyclic) bond motifs is 2. The Bertz CT molecular complexity index is 1540. The molecule has 1 fully saturated rings. The first-order chi connectivity index (χ1) is 18.8. The SMILES string of the molecule is c1ccc(-c2ccc(CN3CCC4(CCN(c5cccc6nsnc56)CC4)Oc4ccccc43)cc2)cc1. The number of para-hydroxylation sites is 2. The summed E-state index contributed by atoms with van der Waals surface area (Å²) in [5.74, 6) is 1.00. The van der Waals surface area contributed by atoms with E-state index in [-0.39, 0.29) is 5.60 Å². The van der Waals surface area contributed by atoms with Gasteiger partial charge < -0.3 is 14.5 Å². The van der Waals surface area contributed by atoms with Gasteiger partial charge in [-0.15, -0.1) is 0 Å². The van der Waals surface area contributed by atoms with Crippen molar-refractivity contribution in [3.8, 4) is 16.9 Å². The summed E-state index contributed by atoms with van der Waals surface area (Å²) in [5.41, 5.74) is 8.07. The number of aromatic nitrogens is 2. The van der Waals surface area contributed by atoms with E-state index in [1.54, 1.807) is 0 Å². The number of hydrogen-bond donors (Lipinski definition) is 0. The fourth-order valence-corrected chi connectivity index (χ4v) is 6.47. The lowest BCUT2D eigenvalue weighted by Crippen LogP contribution is -2.48. The van der Waals surface area contributed by atoms with Gasteiger partial charge in [-0.3, -0.25) is 0 Å². The smallest absolute Gasteiger partial charge is 0.143 e. The monoisotopic (exact) mass is 518 g/mol. The Hall–Kier alpha value is -3.90. The molecule has 0 N–H and O–H groups in total. The van der Waals surface area contributed by atoms with E-state index in [1.165, 1.54) is 39.8 Å². The van der Waals surface area contributed by atoms with E-state index < -0.39 is 0 Å². The summed E-state index contributed by atoms with van der Waals surface area (Å²) >= 11 is 1.29. The zero-order chi connectivity index (χ0) is 25.4. The van der Waals surface area contributed by atoms with Crippen molar-refractivity contribution in [3.05, 3.63) is 103 Å². The number of hydrogen-bond acceptors (Lipinski definition) is 6. The Kier molecular flexibility index (Phi) is 5.97. The van der Waals surface area contributed by atoms with Gasteiger partial charge in [0.15, 0.2) is 0 Å². The van der Waals surface area contributed by atoms with Crippen LogP contribution in [0.2, 0.25) is 0 Å². The van der Waals surface area contributed by atoms with Crippen molar-refractivity contribution in [1.29, 1.82) is 0 Å². The molecule has 0 saturated carbocycles. The first kappa shape index (κ1) is 23.2. The molecule has 1 aromatic heterocycles. The minimum absolute atomic E-state index is 0.146. The van der Waals surface area contributed by atoms with Crippen molar-refractivity contribution in [3.63, 3.8) is 0 Å². The molecule has 1 saturated heterocycles. The van der Waals surface area contributed by atoms with Crippen LogP contribution in [0.4, 0.5) is 11.4 Å². The quantitative estimate of drug-likeness (QED) is 0.252. The summed E-state index contributed by atoms with van der Waals surface area (Å²) in [7, 11) is 0. The van der Waals surface area contributed by atoms with E-state index >= 15 is 0 Å². The normalized spacial score (nSPS) is 16.7. The van der Waals surface area contributed by atoms with Crippen LogP contribution in [0, 0.1) is 0 Å². The molecule has 190 valence electrons. The minimum atomic E-state index is -0.146. The molecule has 0 aliphatic carbocycles. The molecule has 2 aliphatic heterocycles. The maximum atomic E-state index is 6.89. The second-order valence-electron chi connectivity index (χ2n) is 10.4. The summed E-state index contributed by atoms with van der Waals surface area (Å²) in [6.45, 7) is 3.76. The number of piperidine rings is 1. The second-order valence-corrected chi connectivity index (χ2v) is 10.9. The third-order valence-corrected chi connectivity index (χ3v) is 8.63. The van der Waals surface area contributed by atoms with Crippen LogP contribution < -0.4 is 14.5 Å². The van der Waals surface area contributed by atoms with Crippen molar-refractivity contribution in [2.24, 2.45) is 0 Å². The van der Waals surface area contributed by atoms with E-state index in [2.05, 4.69) is 110 Å². The third kappa shape index (κ3) is 4.39. The highest BCUT2D eigenvalue weighted by atomic mass is 32.1. The molecule has 0 amide bonds. The second kappa shape index (κ2) is 9.76. The van der Waals surface area contributed by atoms with Crippen molar-refractivity contribution < 1.29 is 4.74 Å². The van der Waals surface area contributed by atoms with Crippen molar-refractivity contribution >= 4 is 34.1 Å². The highest BCUT2D eigenvalue weighted by Crippen LogP contribution is 2.42. The summed E-state index contributed by atoms with van der Waals surface area (Å²) in [6, 6.07) is 34.4. The average molecular weight is 519 g/mol. The van der Waals surface area contributed by atoms with Gasteiger partial charge in [-0.1, -0.05) is 72.8 Å². The van der Waals surface area contributed by atoms with E-state index in [0.29, 0.717) is 0 Å². The van der Waals surface area contributed by atoms with Crippen LogP contribution in [0.3, 0.4) is 0 Å². The van der Waals surface area contributed by atoms with Gasteiger partial charge in [-0.2, -0.15) is 8.75 Å². The number of rotatable bonds is 4. The minimum Gasteiger partial charge on any atom is -0.485 e. The van der Waals surface area contributed by atoms with Gasteiger partial charge in [-0.05, 0) is 41.0 Å². The standard InChI is InChI=1S/C32H30N4OS/c1-2-7-25(8-3-1)26-15-13-24(14-16-26)23-36-22-19-32(37-30-12-5-4-10-28(30)36)17-20-35(21-18-32)29-11-6-9-27-31(29)34-38-33-27/h1-16H,17-23H2. The number of benzene rings is 4. The van der Waals surface area contributed by atoms with E-state index in [9.17, 15) is 0 Å². The third-order valence-electron chi connectivity index (χ3n) is 8.08. The molecule has 0 atom stereocenters. The van der Waals surface area contributed by atoms with Crippen molar-refractivity contribution in [1.82, 2.24) is 8.75 Å². The van der Waals surface area contributed by atoms with Gasteiger partial charge >= 0.3 is 0 Å². The number of ether oxygens (including phenoxy) is 1. The zero-order valence-corrected chi connectivity index (χ0v) is 22.1. The molecule has 5 aromatic rings. The van der Waals surface area contributed by atoms with Crippen LogP contribution in [-0.2, 0) is 6.54 Å². The Morgan fingerprint density at radius 1 is 0.684 bits per heavy atom. The number of nitrogens with zero attached hydrogens (tertiary/aromatic N) is 4. The van der Waals surface area contributed by atoms with Crippen LogP contribution in [0.1, 0.15) is 24.8 Å². The molecule has 0 unspecified atom stereocenters. The van der Waals surface area contributed by atoms with Gasteiger partial charge in [0.2, 0.25) is 0 Å². The zero-order valence-electron chi connectivity index (χ0n) is 21.3. The highest BCUT2D eigenvalue weighted by molar-refractivity contribution is 7.00. The van der Waals surface area contributed by atoms with E-state index in [0.717, 1.165) is 62.2 Å². The molecule has 1 spiro atoms. The van der Waals surface area contributed by atoms with Crippen LogP contribution in [0.25, 0.3) is 22.2 Å². The molecule has 7 rings (SSSR count). The average Bonchev–Trinajstić information content (AvgIpc) is 3.41. The maximum Gasteiger partial charge on any atom is 0.143 e. The lowest BCUT2D eigenvalue weighted by Gasteiger charge is -2.42. The topological polar surface area (TPSA) is 41.5 Å². The molecule has 2 aliphatic rings. The molecule has 6 heteroatoms. The van der Waals surface area contributed by atoms with Gasteiger partial charge in [-0.25, -0.2) is 0 Å². The van der Waals surface area contributed by atoms with Crippen LogP contribution in [0.15, 0.2) is 97.1 Å². The molecular weight excluding hydrogens is 488 g/mol. The predicted octanol–water partition coefficient (Wildman–Crippen LogP) is 7.19. The largest absolute Gasteiger partial charge is 0.485 e. The van der Waals surface area contributed by atoms with Gasteiger partial charge in [0, 0.05) is 45.4 Å². The summed E-state index contributed by atoms with van der Waals surface area (Å²) in [4.78, 5) is 4.96. The molecule has 38 heavy (non-hydrogen) atoms. The Morgan fingerprint density at radius 3 is 2.24 bits per heavy atom. The van der Waals surface area contributed by atoms with Crippen LogP contribution in [0.5, 0.6) is 5.75 Å². The lowest BCUT2D eigenvalue weighted by molar-refractivity contribution is 0.0412. The lowest BCUT2D eigenvalue weighted by atomic mass is 9.87. The van der Waals surface area contributed by atoms with E-state index in [4.69, 9.17) is 4.74 Å². The van der Waals surface area contributed by atoms with Crippen LogP contribution >= 0.6 is 11.7 Å². The summed E-state index contributed by atoms with van der Waals surface area (Å²) in [5, 5.41) is 0. The fraction of sp³-hybridized carbons (Fsp3) is 0.250. The highest BCUT2D eigenvalue weighted by Gasteiger charge is 2.40. The molecule has 5 nitrogen and oxygen atoms in total. The Labute approximate surface area is 227 Å². The predicted molar refractivity (Wildman–Crippen MR) is 156 cm³/mol. The Morgan fingerprint density at radius 2 is 1.39 bits per heavy atom. The maximum absolute atomic E-state index is 6.89. The van der Waals surface area contributed by atoms with Gasteiger partial charge in [0.05, 0.1) is 23.1 Å². The van der Waals surface area contributed by atoms with Gasteiger partial charge in [0.25, 0.3) is 0 Å². The van der Waals surface area contributed by atoms with Crippen molar-refractivity contribution in [2.45, 2.75) is 31.4 Å². The first-order valence-electron chi connectivity index (χ1n) is 13.4. The van der Waals surface area contributed by atoms with Crippen LogP contribution in [-0.4, -0.2) is 34.0 Å². The molecule has 4 aromatic carbocycles. The molecule has 0 bridgehead atoms. The van der Waals surface area contributed by atoms with E-state index in [1.807, 2.05) is 6.07 Å². The van der Waals surface area contributed by atoms with Gasteiger partial charge in [0.1, 0.15) is 22.4 Å². The molecule has 3 heterocycles. The van der Waals surface area contributed by atoms with Crippen molar-refractivity contribution in [2.75, 3.05) is 29.4 Å². The first-order valence-corrected chi connectivity index (χ1v) is 14.1. The summed E-state index contributed by atoms with van der Waals surface area (Å²) < 4.78 is 15.9. The Balaban J connectivity index is 1.09. The fourth-order valence-electron chi connectivity index (χ4n) is 5.92. The molecular formula is C32H30N4OS. The summed E-state index contributed by atoms with van der Waals surface area (Å²) in [6.07, 6.45) is 3.00.